The topological polar surface area (TPSA) is 63.3 Å². The third-order valence-electron chi connectivity index (χ3n) is 2.73. The molecule has 0 saturated heterocycles. The summed E-state index contributed by atoms with van der Waals surface area (Å²) >= 11 is 0. The molecule has 7 heteroatoms. The van der Waals surface area contributed by atoms with Crippen molar-refractivity contribution < 1.29 is 27.6 Å². The van der Waals surface area contributed by atoms with E-state index in [1.165, 1.54) is 0 Å². The van der Waals surface area contributed by atoms with Gasteiger partial charge in [0, 0.05) is 5.41 Å². The molecule has 1 aliphatic rings. The van der Waals surface area contributed by atoms with Gasteiger partial charge < -0.3 is 9.63 Å². The zero-order chi connectivity index (χ0) is 12.1. The maximum absolute atomic E-state index is 12.7. The van der Waals surface area contributed by atoms with Crippen LogP contribution in [0, 0.1) is 0 Å². The van der Waals surface area contributed by atoms with E-state index in [0.717, 1.165) is 0 Å². The monoisotopic (exact) mass is 235 g/mol. The van der Waals surface area contributed by atoms with Gasteiger partial charge in [0.05, 0.1) is 0 Å². The molecule has 0 aromatic carbocycles. The lowest BCUT2D eigenvalue weighted by Crippen LogP contribution is -2.16. The second-order valence-corrected chi connectivity index (χ2v) is 4.10. The van der Waals surface area contributed by atoms with E-state index >= 15 is 0 Å². The Balaban J connectivity index is 2.59. The van der Waals surface area contributed by atoms with Crippen LogP contribution in [0.5, 0.6) is 0 Å². The molecule has 1 aromatic rings. The van der Waals surface area contributed by atoms with Crippen molar-refractivity contribution in [3.05, 3.63) is 17.0 Å². The number of hydrogen-bond acceptors (Lipinski definition) is 3. The number of carboxylic acid groups (broad SMARTS) is 1. The fraction of sp³-hybridized carbons (Fsp3) is 0.556. The van der Waals surface area contributed by atoms with Crippen LogP contribution in [0.25, 0.3) is 0 Å². The summed E-state index contributed by atoms with van der Waals surface area (Å²) in [6, 6.07) is 0. The van der Waals surface area contributed by atoms with Crippen molar-refractivity contribution in [1.29, 1.82) is 0 Å². The molecule has 1 N–H and O–H groups in total. The number of aromatic carboxylic acids is 1. The minimum absolute atomic E-state index is 0.364. The van der Waals surface area contributed by atoms with Gasteiger partial charge in [0.2, 0.25) is 5.69 Å². The van der Waals surface area contributed by atoms with Gasteiger partial charge in [-0.3, -0.25) is 0 Å². The lowest BCUT2D eigenvalue weighted by Gasteiger charge is -2.09. The maximum atomic E-state index is 12.7. The zero-order valence-corrected chi connectivity index (χ0v) is 8.26. The molecular formula is C9H8F3NO3. The van der Waals surface area contributed by atoms with E-state index in [-0.39, 0.29) is 5.76 Å². The first-order valence-electron chi connectivity index (χ1n) is 4.56. The Kier molecular flexibility index (Phi) is 2.05. The van der Waals surface area contributed by atoms with Crippen LogP contribution in [0.1, 0.15) is 41.6 Å². The highest BCUT2D eigenvalue weighted by molar-refractivity contribution is 5.87. The van der Waals surface area contributed by atoms with Gasteiger partial charge >= 0.3 is 12.1 Å². The van der Waals surface area contributed by atoms with Gasteiger partial charge in [-0.25, -0.2) is 4.79 Å². The molecule has 1 saturated carbocycles. The summed E-state index contributed by atoms with van der Waals surface area (Å²) in [6.07, 6.45) is -3.66. The van der Waals surface area contributed by atoms with Crippen molar-refractivity contribution in [1.82, 2.24) is 5.16 Å². The first-order valence-corrected chi connectivity index (χ1v) is 4.56. The van der Waals surface area contributed by atoms with Gasteiger partial charge in [0.15, 0.2) is 5.76 Å². The predicted octanol–water partition coefficient (Wildman–Crippen LogP) is 2.44. The molecule has 4 nitrogen and oxygen atoms in total. The first kappa shape index (κ1) is 11.0. The SMILES string of the molecule is CC1(c2onc(C(=O)O)c2C(F)(F)F)CC1. The van der Waals surface area contributed by atoms with Crippen LogP contribution in [0.4, 0.5) is 13.2 Å². The van der Waals surface area contributed by atoms with Crippen LogP contribution in [0.2, 0.25) is 0 Å². The molecule has 0 unspecified atom stereocenters. The van der Waals surface area contributed by atoms with E-state index in [1.54, 1.807) is 6.92 Å². The quantitative estimate of drug-likeness (QED) is 0.855. The van der Waals surface area contributed by atoms with E-state index in [0.29, 0.717) is 12.8 Å². The molecule has 88 valence electrons. The lowest BCUT2D eigenvalue weighted by molar-refractivity contribution is -0.139. The standard InChI is InChI=1S/C9H8F3NO3/c1-8(2-3-8)6-4(9(10,11)12)5(7(14)15)13-16-6/h2-3H2,1H3,(H,14,15). The normalized spacial score (nSPS) is 18.5. The van der Waals surface area contributed by atoms with Crippen molar-refractivity contribution in [2.75, 3.05) is 0 Å². The number of nitrogens with zero attached hydrogens (tertiary/aromatic N) is 1. The molecule has 0 atom stereocenters. The molecule has 1 fully saturated rings. The lowest BCUT2D eigenvalue weighted by atomic mass is 10.0. The number of carbonyl (C=O) groups is 1. The van der Waals surface area contributed by atoms with Crippen molar-refractivity contribution in [3.8, 4) is 0 Å². The summed E-state index contributed by atoms with van der Waals surface area (Å²) in [4.78, 5) is 10.6. The largest absolute Gasteiger partial charge is 0.476 e. The van der Waals surface area contributed by atoms with Crippen molar-refractivity contribution in [2.45, 2.75) is 31.4 Å². The van der Waals surface area contributed by atoms with Crippen molar-refractivity contribution >= 4 is 5.97 Å². The maximum Gasteiger partial charge on any atom is 0.422 e. The molecule has 2 rings (SSSR count). The molecular weight excluding hydrogens is 227 g/mol. The summed E-state index contributed by atoms with van der Waals surface area (Å²) in [5.41, 5.74) is -3.03. The molecule has 0 aliphatic heterocycles. The molecule has 0 bridgehead atoms. The van der Waals surface area contributed by atoms with Gasteiger partial charge in [-0.1, -0.05) is 12.1 Å². The highest BCUT2D eigenvalue weighted by Crippen LogP contribution is 2.52. The van der Waals surface area contributed by atoms with E-state index in [4.69, 9.17) is 5.11 Å². The fourth-order valence-electron chi connectivity index (χ4n) is 1.53. The van der Waals surface area contributed by atoms with Crippen LogP contribution < -0.4 is 0 Å². The summed E-state index contributed by atoms with van der Waals surface area (Å²) in [7, 11) is 0. The summed E-state index contributed by atoms with van der Waals surface area (Å²) < 4.78 is 42.7. The van der Waals surface area contributed by atoms with E-state index in [2.05, 4.69) is 9.68 Å². The Bertz CT molecular complexity index is 445. The Morgan fingerprint density at radius 3 is 2.44 bits per heavy atom. The van der Waals surface area contributed by atoms with Crippen LogP contribution in [-0.4, -0.2) is 16.2 Å². The number of rotatable bonds is 2. The summed E-state index contributed by atoms with van der Waals surface area (Å²) in [6.45, 7) is 1.59. The third kappa shape index (κ3) is 1.56. The molecule has 0 radical (unpaired) electrons. The predicted molar refractivity (Wildman–Crippen MR) is 45.1 cm³/mol. The molecule has 0 spiro atoms. The molecule has 16 heavy (non-hydrogen) atoms. The second-order valence-electron chi connectivity index (χ2n) is 4.10. The van der Waals surface area contributed by atoms with Crippen molar-refractivity contribution in [3.63, 3.8) is 0 Å². The highest BCUT2D eigenvalue weighted by Gasteiger charge is 2.52. The summed E-state index contributed by atoms with van der Waals surface area (Å²) in [5, 5.41) is 11.6. The number of hydrogen-bond donors (Lipinski definition) is 1. The average molecular weight is 235 g/mol. The summed E-state index contributed by atoms with van der Waals surface area (Å²) in [5.74, 6) is -2.09. The van der Waals surface area contributed by atoms with Crippen molar-refractivity contribution in [2.24, 2.45) is 0 Å². The van der Waals surface area contributed by atoms with Gasteiger partial charge in [0.1, 0.15) is 5.56 Å². The Morgan fingerprint density at radius 1 is 1.50 bits per heavy atom. The smallest absolute Gasteiger partial charge is 0.422 e. The zero-order valence-electron chi connectivity index (χ0n) is 8.26. The number of aromatic nitrogens is 1. The highest BCUT2D eigenvalue weighted by atomic mass is 19.4. The minimum atomic E-state index is -4.76. The van der Waals surface area contributed by atoms with Crippen LogP contribution in [-0.2, 0) is 11.6 Å². The Labute approximate surface area is 88.0 Å². The van der Waals surface area contributed by atoms with Crippen LogP contribution in [0.3, 0.4) is 0 Å². The average Bonchev–Trinajstić information content (AvgIpc) is 2.72. The van der Waals surface area contributed by atoms with Gasteiger partial charge in [-0.15, -0.1) is 0 Å². The molecule has 1 heterocycles. The number of alkyl halides is 3. The number of halogens is 3. The molecule has 0 amide bonds. The molecule has 1 aliphatic carbocycles. The minimum Gasteiger partial charge on any atom is -0.476 e. The third-order valence-corrected chi connectivity index (χ3v) is 2.73. The van der Waals surface area contributed by atoms with Gasteiger partial charge in [-0.05, 0) is 12.8 Å². The fourth-order valence-corrected chi connectivity index (χ4v) is 1.53. The van der Waals surface area contributed by atoms with Gasteiger partial charge in [0.25, 0.3) is 0 Å². The van der Waals surface area contributed by atoms with Crippen LogP contribution in [0.15, 0.2) is 4.52 Å². The van der Waals surface area contributed by atoms with Crippen LogP contribution >= 0.6 is 0 Å². The van der Waals surface area contributed by atoms with E-state index < -0.39 is 28.8 Å². The second kappa shape index (κ2) is 2.99. The number of carboxylic acids is 1. The molecule has 1 aromatic heterocycles. The van der Waals surface area contributed by atoms with Gasteiger partial charge in [-0.2, -0.15) is 13.2 Å². The van der Waals surface area contributed by atoms with E-state index in [9.17, 15) is 18.0 Å². The first-order chi connectivity index (χ1) is 7.26. The Hall–Kier alpha value is -1.53. The van der Waals surface area contributed by atoms with E-state index in [1.807, 2.05) is 0 Å². The Morgan fingerprint density at radius 2 is 2.06 bits per heavy atom.